The Morgan fingerprint density at radius 1 is 1.31 bits per heavy atom. The van der Waals surface area contributed by atoms with Crippen molar-refractivity contribution in [2.45, 2.75) is 32.0 Å². The van der Waals surface area contributed by atoms with Crippen LogP contribution in [0.15, 0.2) is 30.3 Å². The van der Waals surface area contributed by atoms with Crippen molar-refractivity contribution in [2.75, 3.05) is 0 Å². The topological polar surface area (TPSA) is 78.3 Å². The minimum atomic E-state index is -0.635. The highest BCUT2D eigenvalue weighted by atomic mass is 16.5. The highest BCUT2D eigenvalue weighted by molar-refractivity contribution is 5.75. The van der Waals surface area contributed by atoms with Gasteiger partial charge >= 0.3 is 5.97 Å². The van der Waals surface area contributed by atoms with E-state index >= 15 is 0 Å². The summed E-state index contributed by atoms with van der Waals surface area (Å²) in [6.45, 7) is 2.07. The summed E-state index contributed by atoms with van der Waals surface area (Å²) in [6, 6.07) is 8.75. The molecule has 0 heterocycles. The molecule has 16 heavy (non-hydrogen) atoms. The van der Waals surface area contributed by atoms with E-state index in [-0.39, 0.29) is 12.6 Å². The molecule has 1 aromatic rings. The van der Waals surface area contributed by atoms with Gasteiger partial charge in [-0.05, 0) is 18.9 Å². The van der Waals surface area contributed by atoms with E-state index in [1.54, 1.807) is 0 Å². The Kier molecular flexibility index (Phi) is 4.95. The van der Waals surface area contributed by atoms with Crippen molar-refractivity contribution < 1.29 is 9.53 Å². The van der Waals surface area contributed by atoms with Gasteiger partial charge < -0.3 is 16.2 Å². The highest BCUT2D eigenvalue weighted by Gasteiger charge is 2.16. The Morgan fingerprint density at radius 3 is 2.50 bits per heavy atom. The Labute approximate surface area is 95.6 Å². The lowest BCUT2D eigenvalue weighted by Crippen LogP contribution is -2.37. The minimum absolute atomic E-state index is 0.0979. The van der Waals surface area contributed by atoms with Gasteiger partial charge in [0.25, 0.3) is 0 Å². The zero-order chi connectivity index (χ0) is 12.0. The Bertz CT molecular complexity index is 325. The summed E-state index contributed by atoms with van der Waals surface area (Å²) in [6.07, 6.45) is 0.438. The van der Waals surface area contributed by atoms with Gasteiger partial charge in [-0.1, -0.05) is 30.3 Å². The smallest absolute Gasteiger partial charge is 0.323 e. The van der Waals surface area contributed by atoms with E-state index in [0.717, 1.165) is 5.56 Å². The maximum absolute atomic E-state index is 11.4. The number of benzene rings is 1. The molecule has 0 aromatic heterocycles. The summed E-state index contributed by atoms with van der Waals surface area (Å²) in [7, 11) is 0. The summed E-state index contributed by atoms with van der Waals surface area (Å²) in [5, 5.41) is 0. The first-order chi connectivity index (χ1) is 7.59. The molecule has 0 aliphatic rings. The molecule has 2 atom stereocenters. The number of hydrogen-bond donors (Lipinski definition) is 2. The van der Waals surface area contributed by atoms with Crippen LogP contribution in [0.1, 0.15) is 18.9 Å². The van der Waals surface area contributed by atoms with Crippen molar-refractivity contribution in [3.05, 3.63) is 35.9 Å². The SMILES string of the molecule is CC(N)CC(N)C(=O)OCc1ccccc1. The number of rotatable bonds is 5. The quantitative estimate of drug-likeness (QED) is 0.722. The van der Waals surface area contributed by atoms with Crippen molar-refractivity contribution in [3.63, 3.8) is 0 Å². The molecule has 0 saturated carbocycles. The number of ether oxygens (including phenoxy) is 1. The molecule has 88 valence electrons. The van der Waals surface area contributed by atoms with Crippen LogP contribution >= 0.6 is 0 Å². The molecule has 0 aliphatic carbocycles. The van der Waals surface area contributed by atoms with Crippen LogP contribution in [0.2, 0.25) is 0 Å². The van der Waals surface area contributed by atoms with E-state index in [1.165, 1.54) is 0 Å². The van der Waals surface area contributed by atoms with Crippen LogP contribution in [0.25, 0.3) is 0 Å². The second-order valence-corrected chi connectivity index (χ2v) is 3.91. The Balaban J connectivity index is 2.35. The van der Waals surface area contributed by atoms with Gasteiger partial charge in [-0.25, -0.2) is 0 Å². The predicted octanol–water partition coefficient (Wildman–Crippen LogP) is 0.794. The molecular weight excluding hydrogens is 204 g/mol. The third-order valence-electron chi connectivity index (χ3n) is 2.15. The molecule has 0 fully saturated rings. The van der Waals surface area contributed by atoms with Crippen molar-refractivity contribution in [3.8, 4) is 0 Å². The van der Waals surface area contributed by atoms with Crippen LogP contribution in [0.5, 0.6) is 0 Å². The van der Waals surface area contributed by atoms with E-state index in [2.05, 4.69) is 0 Å². The third-order valence-corrected chi connectivity index (χ3v) is 2.15. The van der Waals surface area contributed by atoms with Gasteiger partial charge in [0.15, 0.2) is 0 Å². The normalized spacial score (nSPS) is 14.2. The van der Waals surface area contributed by atoms with Gasteiger partial charge in [-0.2, -0.15) is 0 Å². The van der Waals surface area contributed by atoms with Gasteiger partial charge in [-0.15, -0.1) is 0 Å². The summed E-state index contributed by atoms with van der Waals surface area (Å²) in [5.41, 5.74) is 12.1. The van der Waals surface area contributed by atoms with Gasteiger partial charge in [0.05, 0.1) is 0 Å². The molecule has 4 N–H and O–H groups in total. The van der Waals surface area contributed by atoms with Crippen molar-refractivity contribution in [1.29, 1.82) is 0 Å². The largest absolute Gasteiger partial charge is 0.460 e. The fourth-order valence-corrected chi connectivity index (χ4v) is 1.33. The van der Waals surface area contributed by atoms with Crippen LogP contribution in [0.3, 0.4) is 0 Å². The summed E-state index contributed by atoms with van der Waals surface area (Å²) in [5.74, 6) is -0.402. The molecule has 1 rings (SSSR count). The van der Waals surface area contributed by atoms with Crippen molar-refractivity contribution >= 4 is 5.97 Å². The number of carbonyl (C=O) groups excluding carboxylic acids is 1. The number of esters is 1. The van der Waals surface area contributed by atoms with Crippen LogP contribution in [-0.4, -0.2) is 18.1 Å². The van der Waals surface area contributed by atoms with Crippen LogP contribution in [0, 0.1) is 0 Å². The molecular formula is C12H18N2O2. The second kappa shape index (κ2) is 6.25. The maximum atomic E-state index is 11.4. The summed E-state index contributed by atoms with van der Waals surface area (Å²) < 4.78 is 5.07. The molecule has 1 aromatic carbocycles. The Hall–Kier alpha value is -1.39. The average molecular weight is 222 g/mol. The zero-order valence-electron chi connectivity index (χ0n) is 9.43. The molecule has 4 nitrogen and oxygen atoms in total. The van der Waals surface area contributed by atoms with Gasteiger partial charge in [0.1, 0.15) is 12.6 Å². The van der Waals surface area contributed by atoms with Gasteiger partial charge in [0.2, 0.25) is 0 Å². The first-order valence-corrected chi connectivity index (χ1v) is 5.31. The Morgan fingerprint density at radius 2 is 1.94 bits per heavy atom. The van der Waals surface area contributed by atoms with Crippen LogP contribution in [-0.2, 0) is 16.1 Å². The molecule has 0 saturated heterocycles. The molecule has 0 radical (unpaired) electrons. The van der Waals surface area contributed by atoms with E-state index < -0.39 is 12.0 Å². The third kappa shape index (κ3) is 4.42. The van der Waals surface area contributed by atoms with Gasteiger partial charge in [0, 0.05) is 6.04 Å². The molecule has 0 amide bonds. The van der Waals surface area contributed by atoms with E-state index in [1.807, 2.05) is 37.3 Å². The minimum Gasteiger partial charge on any atom is -0.460 e. The van der Waals surface area contributed by atoms with Crippen LogP contribution < -0.4 is 11.5 Å². The lowest BCUT2D eigenvalue weighted by molar-refractivity contribution is -0.146. The second-order valence-electron chi connectivity index (χ2n) is 3.91. The first kappa shape index (κ1) is 12.7. The summed E-state index contributed by atoms with van der Waals surface area (Å²) >= 11 is 0. The van der Waals surface area contributed by atoms with Gasteiger partial charge in [-0.3, -0.25) is 4.79 Å². The van der Waals surface area contributed by atoms with Crippen molar-refractivity contribution in [2.24, 2.45) is 11.5 Å². The predicted molar refractivity (Wildman–Crippen MR) is 62.5 cm³/mol. The van der Waals surface area contributed by atoms with Crippen LogP contribution in [0.4, 0.5) is 0 Å². The molecule has 0 aliphatic heterocycles. The fraction of sp³-hybridized carbons (Fsp3) is 0.417. The zero-order valence-corrected chi connectivity index (χ0v) is 9.43. The van der Waals surface area contributed by atoms with Crippen molar-refractivity contribution in [1.82, 2.24) is 0 Å². The number of hydrogen-bond acceptors (Lipinski definition) is 4. The van der Waals surface area contributed by atoms with E-state index in [0.29, 0.717) is 6.42 Å². The maximum Gasteiger partial charge on any atom is 0.323 e. The van der Waals surface area contributed by atoms with E-state index in [9.17, 15) is 4.79 Å². The molecule has 2 unspecified atom stereocenters. The first-order valence-electron chi connectivity index (χ1n) is 5.31. The summed E-state index contributed by atoms with van der Waals surface area (Å²) in [4.78, 5) is 11.4. The molecule has 0 spiro atoms. The monoisotopic (exact) mass is 222 g/mol. The fourth-order valence-electron chi connectivity index (χ4n) is 1.33. The lowest BCUT2D eigenvalue weighted by Gasteiger charge is -2.13. The average Bonchev–Trinajstić information content (AvgIpc) is 2.26. The molecule has 0 bridgehead atoms. The highest BCUT2D eigenvalue weighted by Crippen LogP contribution is 2.03. The standard InChI is InChI=1S/C12H18N2O2/c1-9(13)7-11(14)12(15)16-8-10-5-3-2-4-6-10/h2-6,9,11H,7-8,13-14H2,1H3. The van der Waals surface area contributed by atoms with E-state index in [4.69, 9.17) is 16.2 Å². The number of nitrogens with two attached hydrogens (primary N) is 2. The lowest BCUT2D eigenvalue weighted by atomic mass is 10.1. The number of carbonyl (C=O) groups is 1. The molecule has 4 heteroatoms.